The summed E-state index contributed by atoms with van der Waals surface area (Å²) in [5.41, 5.74) is 2.42. The smallest absolute Gasteiger partial charge is 0.230 e. The summed E-state index contributed by atoms with van der Waals surface area (Å²) in [6, 6.07) is 7.59. The molecule has 0 fully saturated rings. The molecule has 18 heavy (non-hydrogen) atoms. The lowest BCUT2D eigenvalue weighted by Gasteiger charge is -1.98. The van der Waals surface area contributed by atoms with Gasteiger partial charge in [0.2, 0.25) is 5.78 Å². The van der Waals surface area contributed by atoms with Crippen LogP contribution in [0.3, 0.4) is 0 Å². The summed E-state index contributed by atoms with van der Waals surface area (Å²) in [4.78, 5) is 15.5. The summed E-state index contributed by atoms with van der Waals surface area (Å²) in [6.07, 6.45) is 3.26. The molecular weight excluding hydrogens is 294 g/mol. The Balaban J connectivity index is 2.18. The molecule has 3 nitrogen and oxygen atoms in total. The Morgan fingerprint density at radius 2 is 2.17 bits per heavy atom. The highest BCUT2D eigenvalue weighted by atomic mass is 79.9. The van der Waals surface area contributed by atoms with Crippen molar-refractivity contribution in [2.75, 3.05) is 0 Å². The molecule has 2 aromatic heterocycles. The maximum Gasteiger partial charge on any atom is 0.230 e. The van der Waals surface area contributed by atoms with Crippen LogP contribution in [-0.4, -0.2) is 10.8 Å². The van der Waals surface area contributed by atoms with Gasteiger partial charge in [-0.15, -0.1) is 0 Å². The van der Waals surface area contributed by atoms with E-state index >= 15 is 0 Å². The van der Waals surface area contributed by atoms with Crippen molar-refractivity contribution < 1.29 is 9.21 Å². The number of fused-ring (bicyclic) bond motifs is 1. The summed E-state index contributed by atoms with van der Waals surface area (Å²) in [6.45, 7) is 1.86. The van der Waals surface area contributed by atoms with Gasteiger partial charge in [-0.05, 0) is 36.8 Å². The highest BCUT2D eigenvalue weighted by Crippen LogP contribution is 2.25. The molecule has 0 spiro atoms. The third kappa shape index (κ3) is 1.69. The second kappa shape index (κ2) is 4.14. The fourth-order valence-electron chi connectivity index (χ4n) is 2.01. The van der Waals surface area contributed by atoms with E-state index in [1.54, 1.807) is 12.3 Å². The molecule has 0 amide bonds. The van der Waals surface area contributed by atoms with Crippen molar-refractivity contribution in [2.45, 2.75) is 6.92 Å². The van der Waals surface area contributed by atoms with Gasteiger partial charge in [0, 0.05) is 21.6 Å². The molecule has 1 aromatic carbocycles. The fourth-order valence-corrected chi connectivity index (χ4v) is 2.37. The first kappa shape index (κ1) is 11.3. The van der Waals surface area contributed by atoms with Gasteiger partial charge in [-0.2, -0.15) is 0 Å². The zero-order chi connectivity index (χ0) is 12.7. The predicted molar refractivity (Wildman–Crippen MR) is 72.9 cm³/mol. The standard InChI is InChI=1S/C14H10BrNO2/c1-8-4-5-18-14(8)13(17)11-7-16-12-3-2-9(15)6-10(11)12/h2-7,16H,1H3. The number of carbonyl (C=O) groups is 1. The SMILES string of the molecule is Cc1ccoc1C(=O)c1c[nH]c2ccc(Br)cc12. The molecular formula is C14H10BrNO2. The molecule has 90 valence electrons. The van der Waals surface area contributed by atoms with E-state index in [1.807, 2.05) is 25.1 Å². The van der Waals surface area contributed by atoms with E-state index in [1.165, 1.54) is 6.26 Å². The van der Waals surface area contributed by atoms with Crippen LogP contribution in [0.25, 0.3) is 10.9 Å². The van der Waals surface area contributed by atoms with Crippen molar-refractivity contribution in [2.24, 2.45) is 0 Å². The van der Waals surface area contributed by atoms with E-state index in [-0.39, 0.29) is 5.78 Å². The number of ketones is 1. The molecule has 0 unspecified atom stereocenters. The average Bonchev–Trinajstić information content (AvgIpc) is 2.94. The van der Waals surface area contributed by atoms with E-state index in [4.69, 9.17) is 4.42 Å². The van der Waals surface area contributed by atoms with Gasteiger partial charge in [-0.25, -0.2) is 0 Å². The number of H-pyrrole nitrogens is 1. The molecule has 3 aromatic rings. The van der Waals surface area contributed by atoms with Gasteiger partial charge >= 0.3 is 0 Å². The number of carbonyl (C=O) groups excluding carboxylic acids is 1. The maximum absolute atomic E-state index is 12.4. The van der Waals surface area contributed by atoms with E-state index < -0.39 is 0 Å². The van der Waals surface area contributed by atoms with Crippen molar-refractivity contribution >= 4 is 32.6 Å². The quantitative estimate of drug-likeness (QED) is 0.726. The Morgan fingerprint density at radius 3 is 2.89 bits per heavy atom. The molecule has 0 saturated heterocycles. The normalized spacial score (nSPS) is 11.0. The van der Waals surface area contributed by atoms with Gasteiger partial charge in [-0.3, -0.25) is 4.79 Å². The summed E-state index contributed by atoms with van der Waals surface area (Å²) in [5, 5.41) is 0.894. The van der Waals surface area contributed by atoms with Crippen LogP contribution in [-0.2, 0) is 0 Å². The van der Waals surface area contributed by atoms with Gasteiger partial charge in [-0.1, -0.05) is 15.9 Å². The Morgan fingerprint density at radius 1 is 1.33 bits per heavy atom. The van der Waals surface area contributed by atoms with Gasteiger partial charge in [0.1, 0.15) is 0 Å². The minimum atomic E-state index is -0.0955. The average molecular weight is 304 g/mol. The Kier molecular flexibility index (Phi) is 2.59. The van der Waals surface area contributed by atoms with Gasteiger partial charge < -0.3 is 9.40 Å². The summed E-state index contributed by atoms with van der Waals surface area (Å²) < 4.78 is 6.20. The molecule has 0 bridgehead atoms. The minimum Gasteiger partial charge on any atom is -0.461 e. The lowest BCUT2D eigenvalue weighted by molar-refractivity contribution is 0.101. The van der Waals surface area contributed by atoms with E-state index in [0.717, 1.165) is 20.9 Å². The highest BCUT2D eigenvalue weighted by molar-refractivity contribution is 9.10. The van der Waals surface area contributed by atoms with Crippen LogP contribution in [0.5, 0.6) is 0 Å². The largest absolute Gasteiger partial charge is 0.461 e. The molecule has 0 aliphatic heterocycles. The van der Waals surface area contributed by atoms with E-state index in [2.05, 4.69) is 20.9 Å². The molecule has 1 N–H and O–H groups in total. The van der Waals surface area contributed by atoms with Crippen LogP contribution in [0.4, 0.5) is 0 Å². The molecule has 0 saturated carbocycles. The van der Waals surface area contributed by atoms with Crippen molar-refractivity contribution in [1.82, 2.24) is 4.98 Å². The number of aryl methyl sites for hydroxylation is 1. The third-order valence-corrected chi connectivity index (χ3v) is 3.45. The van der Waals surface area contributed by atoms with E-state index in [0.29, 0.717) is 11.3 Å². The van der Waals surface area contributed by atoms with Gasteiger partial charge in [0.25, 0.3) is 0 Å². The topological polar surface area (TPSA) is 46.0 Å². The van der Waals surface area contributed by atoms with Crippen LogP contribution >= 0.6 is 15.9 Å². The second-order valence-electron chi connectivity index (χ2n) is 4.15. The first-order valence-corrected chi connectivity index (χ1v) is 6.31. The van der Waals surface area contributed by atoms with Crippen LogP contribution in [0.15, 0.2) is 45.6 Å². The second-order valence-corrected chi connectivity index (χ2v) is 5.07. The molecule has 2 heterocycles. The number of rotatable bonds is 2. The molecule has 4 heteroatoms. The molecule has 0 radical (unpaired) electrons. The fraction of sp³-hybridized carbons (Fsp3) is 0.0714. The van der Waals surface area contributed by atoms with Gasteiger partial charge in [0.05, 0.1) is 11.8 Å². The maximum atomic E-state index is 12.4. The number of hydrogen-bond donors (Lipinski definition) is 1. The number of furan rings is 1. The molecule has 0 atom stereocenters. The molecule has 0 aliphatic rings. The highest BCUT2D eigenvalue weighted by Gasteiger charge is 2.18. The number of aromatic nitrogens is 1. The summed E-state index contributed by atoms with van der Waals surface area (Å²) in [5.74, 6) is 0.303. The number of nitrogens with one attached hydrogen (secondary N) is 1. The lowest BCUT2D eigenvalue weighted by atomic mass is 10.1. The number of aromatic amines is 1. The Labute approximate surface area is 112 Å². The predicted octanol–water partition coefficient (Wildman–Crippen LogP) is 4.06. The van der Waals surface area contributed by atoms with Crippen LogP contribution in [0.2, 0.25) is 0 Å². The zero-order valence-corrected chi connectivity index (χ0v) is 11.2. The van der Waals surface area contributed by atoms with Gasteiger partial charge in [0.15, 0.2) is 5.76 Å². The third-order valence-electron chi connectivity index (χ3n) is 2.96. The first-order valence-electron chi connectivity index (χ1n) is 5.52. The van der Waals surface area contributed by atoms with E-state index in [9.17, 15) is 4.79 Å². The molecule has 0 aliphatic carbocycles. The van der Waals surface area contributed by atoms with Crippen LogP contribution in [0.1, 0.15) is 21.7 Å². The summed E-state index contributed by atoms with van der Waals surface area (Å²) >= 11 is 3.41. The minimum absolute atomic E-state index is 0.0955. The Hall–Kier alpha value is -1.81. The number of benzene rings is 1. The van der Waals surface area contributed by atoms with Crippen molar-refractivity contribution in [3.8, 4) is 0 Å². The number of halogens is 1. The first-order chi connectivity index (χ1) is 8.66. The number of hydrogen-bond acceptors (Lipinski definition) is 2. The van der Waals surface area contributed by atoms with Crippen molar-refractivity contribution in [3.05, 3.63) is 58.1 Å². The Bertz CT molecular complexity index is 739. The van der Waals surface area contributed by atoms with Crippen molar-refractivity contribution in [3.63, 3.8) is 0 Å². The zero-order valence-electron chi connectivity index (χ0n) is 9.66. The lowest BCUT2D eigenvalue weighted by Crippen LogP contribution is -2.00. The van der Waals surface area contributed by atoms with Crippen LogP contribution < -0.4 is 0 Å². The summed E-state index contributed by atoms with van der Waals surface area (Å²) in [7, 11) is 0. The monoisotopic (exact) mass is 303 g/mol. The van der Waals surface area contributed by atoms with Crippen LogP contribution in [0, 0.1) is 6.92 Å². The van der Waals surface area contributed by atoms with Crippen molar-refractivity contribution in [1.29, 1.82) is 0 Å². The molecule has 3 rings (SSSR count).